The van der Waals surface area contributed by atoms with Gasteiger partial charge in [0.25, 0.3) is 0 Å². The Hall–Kier alpha value is -3.92. The highest BCUT2D eigenvalue weighted by Gasteiger charge is 2.48. The molecular formula is C22H24N2O8. The summed E-state index contributed by atoms with van der Waals surface area (Å²) in [6, 6.07) is 13.1. The molecule has 0 bridgehead atoms. The first kappa shape index (κ1) is 24.4. The van der Waals surface area contributed by atoms with Gasteiger partial charge >= 0.3 is 17.6 Å². The summed E-state index contributed by atoms with van der Waals surface area (Å²) < 4.78 is 10.7. The third kappa shape index (κ3) is 5.82. The van der Waals surface area contributed by atoms with E-state index in [0.29, 0.717) is 42.2 Å². The molecule has 1 unspecified atom stereocenters. The highest BCUT2D eigenvalue weighted by atomic mass is 16.6. The van der Waals surface area contributed by atoms with Gasteiger partial charge < -0.3 is 19.7 Å². The number of ether oxygens (including phenoxy) is 2. The lowest BCUT2D eigenvalue weighted by atomic mass is 9.84. The molecule has 170 valence electrons. The van der Waals surface area contributed by atoms with Crippen LogP contribution in [-0.2, 0) is 28.1 Å². The maximum absolute atomic E-state index is 12.1. The first-order valence-corrected chi connectivity index (χ1v) is 9.56. The van der Waals surface area contributed by atoms with E-state index in [2.05, 4.69) is 5.32 Å². The molecule has 0 saturated heterocycles. The fraction of sp³-hybridized carbons (Fsp3) is 0.273. The van der Waals surface area contributed by atoms with Gasteiger partial charge in [-0.3, -0.25) is 10.1 Å². The largest absolute Gasteiger partial charge is 0.493 e. The van der Waals surface area contributed by atoms with Gasteiger partial charge in [-0.1, -0.05) is 30.3 Å². The lowest BCUT2D eigenvalue weighted by molar-refractivity contribution is -0.589. The molecule has 10 nitrogen and oxygen atoms in total. The number of carboxylic acid groups (broad SMARTS) is 2. The minimum Gasteiger partial charge on any atom is -0.493 e. The zero-order valence-electron chi connectivity index (χ0n) is 17.6. The first-order chi connectivity index (χ1) is 15.2. The van der Waals surface area contributed by atoms with E-state index in [1.165, 1.54) is 7.11 Å². The number of carbonyl (C=O) groups is 2. The van der Waals surface area contributed by atoms with E-state index in [9.17, 15) is 19.7 Å². The van der Waals surface area contributed by atoms with Gasteiger partial charge in [-0.05, 0) is 29.7 Å². The summed E-state index contributed by atoms with van der Waals surface area (Å²) in [6.45, 7) is 0.538. The molecule has 1 aliphatic heterocycles. The van der Waals surface area contributed by atoms with Crippen molar-refractivity contribution in [1.82, 2.24) is 5.32 Å². The predicted molar refractivity (Wildman–Crippen MR) is 114 cm³/mol. The summed E-state index contributed by atoms with van der Waals surface area (Å²) in [6.07, 6.45) is 2.09. The van der Waals surface area contributed by atoms with Crippen LogP contribution in [0.3, 0.4) is 0 Å². The molecule has 0 spiro atoms. The molecule has 32 heavy (non-hydrogen) atoms. The number of rotatable bonds is 7. The molecule has 3 N–H and O–H groups in total. The standard InChI is InChI=1S/C18H20N2O4.C4H4O4/c1-23-16-10-14-8-9-19-18(20(21)22,15(14)11-17(16)24-2)12-13-6-4-3-5-7-13;5-3(6)1-2-4(7)8/h3-7,10-11,19H,8-9,12H2,1-2H3;1-2H,(H,5,6)(H,7,8)/b;2-1-. The van der Waals surface area contributed by atoms with Crippen molar-refractivity contribution >= 4 is 11.9 Å². The fourth-order valence-corrected chi connectivity index (χ4v) is 3.43. The zero-order chi connectivity index (χ0) is 23.7. The monoisotopic (exact) mass is 444 g/mol. The number of nitrogens with one attached hydrogen (secondary N) is 1. The van der Waals surface area contributed by atoms with Gasteiger partial charge in [0, 0.05) is 23.6 Å². The molecule has 10 heteroatoms. The van der Waals surface area contributed by atoms with Crippen molar-refractivity contribution in [1.29, 1.82) is 0 Å². The molecule has 0 aromatic heterocycles. The first-order valence-electron chi connectivity index (χ1n) is 9.56. The Morgan fingerprint density at radius 2 is 1.66 bits per heavy atom. The van der Waals surface area contributed by atoms with Gasteiger partial charge in [0.1, 0.15) is 0 Å². The summed E-state index contributed by atoms with van der Waals surface area (Å²) in [7, 11) is 3.10. The van der Waals surface area contributed by atoms with Crippen LogP contribution in [0.25, 0.3) is 0 Å². The number of hydrogen-bond donors (Lipinski definition) is 3. The number of fused-ring (bicyclic) bond motifs is 1. The number of nitrogens with zero attached hydrogens (tertiary/aromatic N) is 1. The quantitative estimate of drug-likeness (QED) is 0.332. The zero-order valence-corrected chi connectivity index (χ0v) is 17.6. The van der Waals surface area contributed by atoms with Crippen molar-refractivity contribution in [3.8, 4) is 11.5 Å². The van der Waals surface area contributed by atoms with Gasteiger partial charge in [0.2, 0.25) is 0 Å². The lowest BCUT2D eigenvalue weighted by Crippen LogP contribution is -2.54. The van der Waals surface area contributed by atoms with Crippen LogP contribution in [0, 0.1) is 10.1 Å². The molecule has 0 fully saturated rings. The predicted octanol–water partition coefficient (Wildman–Crippen LogP) is 2.23. The fourth-order valence-electron chi connectivity index (χ4n) is 3.43. The molecule has 3 rings (SSSR count). The normalized spacial score (nSPS) is 16.9. The van der Waals surface area contributed by atoms with E-state index in [1.54, 1.807) is 13.2 Å². The van der Waals surface area contributed by atoms with Crippen LogP contribution in [0.15, 0.2) is 54.6 Å². The summed E-state index contributed by atoms with van der Waals surface area (Å²) in [5, 5.41) is 30.8. The van der Waals surface area contributed by atoms with Crippen LogP contribution in [0.5, 0.6) is 11.5 Å². The average molecular weight is 444 g/mol. The van der Waals surface area contributed by atoms with Crippen LogP contribution in [-0.4, -0.2) is 47.8 Å². The van der Waals surface area contributed by atoms with Gasteiger partial charge in [-0.2, -0.15) is 0 Å². The van der Waals surface area contributed by atoms with E-state index in [1.807, 2.05) is 36.4 Å². The molecule has 1 heterocycles. The third-order valence-electron chi connectivity index (χ3n) is 4.85. The highest BCUT2D eigenvalue weighted by Crippen LogP contribution is 2.39. The van der Waals surface area contributed by atoms with Crippen molar-refractivity contribution in [2.45, 2.75) is 18.5 Å². The molecule has 0 amide bonds. The second-order valence-corrected chi connectivity index (χ2v) is 6.83. The summed E-state index contributed by atoms with van der Waals surface area (Å²) in [4.78, 5) is 30.9. The van der Waals surface area contributed by atoms with Gasteiger partial charge in [-0.15, -0.1) is 0 Å². The second-order valence-electron chi connectivity index (χ2n) is 6.83. The minimum atomic E-state index is -1.37. The molecule has 2 aromatic rings. The highest BCUT2D eigenvalue weighted by molar-refractivity contribution is 5.89. The van der Waals surface area contributed by atoms with Crippen molar-refractivity contribution < 1.29 is 34.2 Å². The summed E-state index contributed by atoms with van der Waals surface area (Å²) in [5.41, 5.74) is 1.10. The van der Waals surface area contributed by atoms with Crippen LogP contribution in [0.1, 0.15) is 16.7 Å². The number of nitro groups is 1. The van der Waals surface area contributed by atoms with Crippen molar-refractivity contribution in [3.05, 3.63) is 81.4 Å². The average Bonchev–Trinajstić information content (AvgIpc) is 2.78. The van der Waals surface area contributed by atoms with Crippen LogP contribution >= 0.6 is 0 Å². The Morgan fingerprint density at radius 1 is 1.09 bits per heavy atom. The number of hydrogen-bond acceptors (Lipinski definition) is 7. The van der Waals surface area contributed by atoms with Gasteiger partial charge in [0.05, 0.1) is 26.2 Å². The van der Waals surface area contributed by atoms with E-state index >= 15 is 0 Å². The van der Waals surface area contributed by atoms with Gasteiger partial charge in [-0.25, -0.2) is 14.9 Å². The van der Waals surface area contributed by atoms with Crippen molar-refractivity contribution in [3.63, 3.8) is 0 Å². The maximum Gasteiger partial charge on any atom is 0.328 e. The van der Waals surface area contributed by atoms with Crippen LogP contribution < -0.4 is 14.8 Å². The van der Waals surface area contributed by atoms with Crippen molar-refractivity contribution in [2.24, 2.45) is 0 Å². The maximum atomic E-state index is 12.1. The molecule has 2 aromatic carbocycles. The summed E-state index contributed by atoms with van der Waals surface area (Å²) >= 11 is 0. The summed E-state index contributed by atoms with van der Waals surface area (Å²) in [5.74, 6) is -1.42. The molecule has 1 atom stereocenters. The Morgan fingerprint density at radius 3 is 2.16 bits per heavy atom. The Kier molecular flexibility index (Phi) is 8.31. The number of methoxy groups -OCH3 is 2. The Bertz CT molecular complexity index is 990. The minimum absolute atomic E-state index is 0.232. The third-order valence-corrected chi connectivity index (χ3v) is 4.85. The Labute approximate surface area is 184 Å². The molecule has 1 aliphatic rings. The molecule has 0 saturated carbocycles. The van der Waals surface area contributed by atoms with Crippen LogP contribution in [0.4, 0.5) is 0 Å². The topological polar surface area (TPSA) is 148 Å². The van der Waals surface area contributed by atoms with E-state index < -0.39 is 17.6 Å². The van der Waals surface area contributed by atoms with Crippen LogP contribution in [0.2, 0.25) is 0 Å². The SMILES string of the molecule is COc1cc2c(cc1OC)C(Cc1ccccc1)([N+](=O)[O-])NCC2.O=C(O)/C=C\C(=O)O. The second kappa shape index (κ2) is 10.9. The van der Waals surface area contributed by atoms with Gasteiger partial charge in [0.15, 0.2) is 11.5 Å². The van der Waals surface area contributed by atoms with E-state index in [4.69, 9.17) is 19.7 Å². The number of benzene rings is 2. The number of carboxylic acids is 2. The molecule has 0 radical (unpaired) electrons. The molecule has 0 aliphatic carbocycles. The van der Waals surface area contributed by atoms with Crippen molar-refractivity contribution in [2.75, 3.05) is 20.8 Å². The van der Waals surface area contributed by atoms with E-state index in [0.717, 1.165) is 11.1 Å². The smallest absolute Gasteiger partial charge is 0.328 e. The Balaban J connectivity index is 0.000000390. The number of aliphatic carboxylic acids is 2. The van der Waals surface area contributed by atoms with E-state index in [-0.39, 0.29) is 11.3 Å². The molecular weight excluding hydrogens is 420 g/mol. The lowest BCUT2D eigenvalue weighted by Gasteiger charge is -2.33.